The Labute approximate surface area is 300 Å². The van der Waals surface area contributed by atoms with Crippen molar-refractivity contribution in [2.75, 3.05) is 24.6 Å². The van der Waals surface area contributed by atoms with Gasteiger partial charge in [0.1, 0.15) is 12.1 Å². The van der Waals surface area contributed by atoms with Gasteiger partial charge >= 0.3 is 5.97 Å². The lowest BCUT2D eigenvalue weighted by molar-refractivity contribution is -0.143. The Morgan fingerprint density at radius 1 is 0.900 bits per heavy atom. The van der Waals surface area contributed by atoms with Crippen LogP contribution in [-0.4, -0.2) is 69.7 Å². The topological polar surface area (TPSA) is 145 Å². The first-order chi connectivity index (χ1) is 23.9. The first-order valence-electron chi connectivity index (χ1n) is 18.2. The van der Waals surface area contributed by atoms with Crippen LogP contribution >= 0.6 is 11.3 Å². The number of piperidine rings is 1. The van der Waals surface area contributed by atoms with Crippen LogP contribution in [0.3, 0.4) is 0 Å². The standard InChI is InChI=1S/C39H53N5O5S/c1-5-6-25-7-11-27(12-8-25)28-17-19-44(20-18-28)30-22-40-35(41-23-30)29-13-9-26(10-14-29)21-31(36(46)43-32(24-45)38(48)49)42-37(47)33-15-16-34(50-33)39(2,3)4/h9-10,13-16,22-23,25,27-28,31-32,45H,5-8,11-12,17-21,24H2,1-4H3,(H,42,47)(H,43,46)(H,48,49)/t25?,27?,31-,32-/m0/s1. The highest BCUT2D eigenvalue weighted by molar-refractivity contribution is 7.14. The molecule has 10 nitrogen and oxygen atoms in total. The predicted molar refractivity (Wildman–Crippen MR) is 197 cm³/mol. The second-order valence-electron chi connectivity index (χ2n) is 15.1. The maximum atomic E-state index is 13.2. The molecule has 1 aliphatic heterocycles. The minimum atomic E-state index is -1.49. The number of anilines is 1. The lowest BCUT2D eigenvalue weighted by atomic mass is 9.72. The molecule has 2 aliphatic rings. The minimum absolute atomic E-state index is 0.114. The van der Waals surface area contributed by atoms with Gasteiger partial charge in [-0.3, -0.25) is 9.59 Å². The second kappa shape index (κ2) is 16.9. The number of hydrogen-bond donors (Lipinski definition) is 4. The number of aliphatic hydroxyl groups is 1. The number of aliphatic carboxylic acids is 1. The summed E-state index contributed by atoms with van der Waals surface area (Å²) in [7, 11) is 0. The number of carbonyl (C=O) groups excluding carboxylic acids is 2. The SMILES string of the molecule is CCCC1CCC(C2CCN(c3cnc(-c4ccc(C[C@H](NC(=O)c5ccc(C(C)(C)C)s5)C(=O)N[C@@H](CO)C(=O)O)cc4)nc3)CC2)CC1. The molecule has 3 aromatic rings. The van der Waals surface area contributed by atoms with Crippen molar-refractivity contribution in [2.45, 2.75) is 103 Å². The molecule has 2 aromatic heterocycles. The van der Waals surface area contributed by atoms with E-state index in [9.17, 15) is 24.6 Å². The number of amides is 2. The van der Waals surface area contributed by atoms with Crippen LogP contribution in [0.25, 0.3) is 11.4 Å². The summed E-state index contributed by atoms with van der Waals surface area (Å²) in [5.41, 5.74) is 2.49. The molecule has 11 heteroatoms. The molecule has 2 atom stereocenters. The summed E-state index contributed by atoms with van der Waals surface area (Å²) in [6, 6.07) is 8.53. The summed E-state index contributed by atoms with van der Waals surface area (Å²) >= 11 is 1.35. The van der Waals surface area contributed by atoms with Gasteiger partial charge in [-0.25, -0.2) is 14.8 Å². The molecule has 0 unspecified atom stereocenters. The average Bonchev–Trinajstić information content (AvgIpc) is 3.63. The Bertz CT molecular complexity index is 1570. The molecule has 0 bridgehead atoms. The van der Waals surface area contributed by atoms with Crippen LogP contribution in [0.4, 0.5) is 5.69 Å². The number of carboxylic acids is 1. The third-order valence-electron chi connectivity index (χ3n) is 10.4. The van der Waals surface area contributed by atoms with E-state index in [1.54, 1.807) is 6.07 Å². The van der Waals surface area contributed by atoms with Crippen LogP contribution < -0.4 is 15.5 Å². The number of nitrogens with one attached hydrogen (secondary N) is 2. The Morgan fingerprint density at radius 3 is 2.10 bits per heavy atom. The normalized spacial score (nSPS) is 19.8. The Morgan fingerprint density at radius 2 is 1.54 bits per heavy atom. The van der Waals surface area contributed by atoms with Gasteiger partial charge in [0, 0.05) is 30.0 Å². The maximum absolute atomic E-state index is 13.2. The second-order valence-corrected chi connectivity index (χ2v) is 16.2. The Kier molecular flexibility index (Phi) is 12.7. The first kappa shape index (κ1) is 37.4. The smallest absolute Gasteiger partial charge is 0.328 e. The molecule has 1 saturated heterocycles. The fourth-order valence-corrected chi connectivity index (χ4v) is 8.37. The van der Waals surface area contributed by atoms with Crippen LogP contribution in [0, 0.1) is 17.8 Å². The molecule has 270 valence electrons. The highest BCUT2D eigenvalue weighted by Gasteiger charge is 2.31. The highest BCUT2D eigenvalue weighted by Crippen LogP contribution is 2.39. The van der Waals surface area contributed by atoms with Crippen molar-refractivity contribution >= 4 is 34.8 Å². The lowest BCUT2D eigenvalue weighted by Gasteiger charge is -2.39. The fourth-order valence-electron chi connectivity index (χ4n) is 7.40. The number of hydrogen-bond acceptors (Lipinski definition) is 8. The molecule has 4 N–H and O–H groups in total. The van der Waals surface area contributed by atoms with Crippen molar-refractivity contribution in [1.29, 1.82) is 0 Å². The van der Waals surface area contributed by atoms with E-state index >= 15 is 0 Å². The van der Waals surface area contributed by atoms with Gasteiger partial charge in [0.05, 0.1) is 29.6 Å². The molecule has 50 heavy (non-hydrogen) atoms. The van der Waals surface area contributed by atoms with Crippen LogP contribution in [-0.2, 0) is 21.4 Å². The van der Waals surface area contributed by atoms with Gasteiger partial charge in [0.25, 0.3) is 5.91 Å². The molecule has 5 rings (SSSR count). The van der Waals surface area contributed by atoms with E-state index in [0.29, 0.717) is 10.7 Å². The highest BCUT2D eigenvalue weighted by atomic mass is 32.1. The summed E-state index contributed by atoms with van der Waals surface area (Å²) in [5.74, 6) is 0.780. The molecular formula is C39H53N5O5S. The van der Waals surface area contributed by atoms with Gasteiger partial charge in [-0.15, -0.1) is 11.3 Å². The molecule has 0 radical (unpaired) electrons. The van der Waals surface area contributed by atoms with Crippen molar-refractivity contribution in [2.24, 2.45) is 17.8 Å². The van der Waals surface area contributed by atoms with Crippen LogP contribution in [0.5, 0.6) is 0 Å². The fraction of sp³-hybridized carbons (Fsp3) is 0.564. The zero-order chi connectivity index (χ0) is 35.8. The Hall–Kier alpha value is -3.83. The number of nitrogens with zero attached hydrogens (tertiary/aromatic N) is 3. The van der Waals surface area contributed by atoms with E-state index < -0.39 is 36.5 Å². The predicted octanol–water partition coefficient (Wildman–Crippen LogP) is 6.23. The van der Waals surface area contributed by atoms with Crippen molar-refractivity contribution in [3.63, 3.8) is 0 Å². The van der Waals surface area contributed by atoms with Gasteiger partial charge in [-0.2, -0.15) is 0 Å². The third kappa shape index (κ3) is 9.69. The van der Waals surface area contributed by atoms with Gasteiger partial charge in [0.15, 0.2) is 5.82 Å². The number of aliphatic hydroxyl groups excluding tert-OH is 1. The number of aromatic nitrogens is 2. The number of carbonyl (C=O) groups is 3. The minimum Gasteiger partial charge on any atom is -0.480 e. The van der Waals surface area contributed by atoms with Crippen molar-refractivity contribution in [3.8, 4) is 11.4 Å². The van der Waals surface area contributed by atoms with E-state index in [2.05, 4.69) is 53.2 Å². The molecular weight excluding hydrogens is 651 g/mol. The van der Waals surface area contributed by atoms with Crippen LogP contribution in [0.1, 0.15) is 99.2 Å². The first-order valence-corrected chi connectivity index (χ1v) is 19.0. The zero-order valence-corrected chi connectivity index (χ0v) is 30.7. The quantitative estimate of drug-likeness (QED) is 0.164. The van der Waals surface area contributed by atoms with Crippen molar-refractivity contribution in [1.82, 2.24) is 20.6 Å². The molecule has 1 aromatic carbocycles. The molecule has 1 saturated carbocycles. The third-order valence-corrected chi connectivity index (χ3v) is 11.9. The van der Waals surface area contributed by atoms with Gasteiger partial charge in [-0.1, -0.05) is 77.6 Å². The number of thiophene rings is 1. The van der Waals surface area contributed by atoms with Gasteiger partial charge in [0.2, 0.25) is 5.91 Å². The molecule has 0 spiro atoms. The van der Waals surface area contributed by atoms with Gasteiger partial charge < -0.3 is 25.7 Å². The monoisotopic (exact) mass is 703 g/mol. The summed E-state index contributed by atoms with van der Waals surface area (Å²) in [6.07, 6.45) is 14.7. The zero-order valence-electron chi connectivity index (χ0n) is 29.9. The molecule has 3 heterocycles. The van der Waals surface area contributed by atoms with Gasteiger partial charge in [-0.05, 0) is 66.5 Å². The van der Waals surface area contributed by atoms with Crippen molar-refractivity contribution in [3.05, 3.63) is 64.1 Å². The summed E-state index contributed by atoms with van der Waals surface area (Å²) in [4.78, 5) is 51.2. The van der Waals surface area contributed by atoms with E-state index in [-0.39, 0.29) is 11.8 Å². The largest absolute Gasteiger partial charge is 0.480 e. The number of carboxylic acid groups (broad SMARTS) is 1. The van der Waals surface area contributed by atoms with E-state index in [1.807, 2.05) is 42.7 Å². The lowest BCUT2D eigenvalue weighted by Crippen LogP contribution is -2.53. The Balaban J connectivity index is 1.20. The van der Waals surface area contributed by atoms with E-state index in [0.717, 1.165) is 52.5 Å². The summed E-state index contributed by atoms with van der Waals surface area (Å²) < 4.78 is 0. The molecule has 1 aliphatic carbocycles. The average molecular weight is 704 g/mol. The maximum Gasteiger partial charge on any atom is 0.328 e. The number of rotatable bonds is 13. The summed E-state index contributed by atoms with van der Waals surface area (Å²) in [5, 5.41) is 24.0. The molecule has 2 fully saturated rings. The molecule has 2 amide bonds. The van der Waals surface area contributed by atoms with Crippen molar-refractivity contribution < 1.29 is 24.6 Å². The number of benzene rings is 1. The van der Waals surface area contributed by atoms with Crippen LogP contribution in [0.15, 0.2) is 48.8 Å². The van der Waals surface area contributed by atoms with Crippen LogP contribution in [0.2, 0.25) is 0 Å². The van der Waals surface area contributed by atoms with E-state index in [1.165, 1.54) is 62.7 Å². The van der Waals surface area contributed by atoms with E-state index in [4.69, 9.17) is 0 Å². The summed E-state index contributed by atoms with van der Waals surface area (Å²) in [6.45, 7) is 9.79.